The van der Waals surface area contributed by atoms with Crippen molar-refractivity contribution >= 4 is 5.97 Å². The molecule has 0 atom stereocenters. The van der Waals surface area contributed by atoms with Crippen LogP contribution in [0.3, 0.4) is 0 Å². The van der Waals surface area contributed by atoms with Crippen LogP contribution in [0.1, 0.15) is 39.0 Å². The normalized spacial score (nSPS) is 10.3. The molecule has 0 aliphatic heterocycles. The summed E-state index contributed by atoms with van der Waals surface area (Å²) >= 11 is 0.0606. The van der Waals surface area contributed by atoms with Crippen molar-refractivity contribution in [2.24, 2.45) is 0 Å². The van der Waals surface area contributed by atoms with Gasteiger partial charge in [-0.1, -0.05) is 0 Å². The van der Waals surface area contributed by atoms with Crippen LogP contribution in [0.4, 0.5) is 0 Å². The minimum absolute atomic E-state index is 0.00536. The summed E-state index contributed by atoms with van der Waals surface area (Å²) in [6.45, 7) is 2.83. The van der Waals surface area contributed by atoms with Crippen molar-refractivity contribution in [3.63, 3.8) is 0 Å². The number of ether oxygens (including phenoxy) is 1. The van der Waals surface area contributed by atoms with E-state index < -0.39 is 0 Å². The first kappa shape index (κ1) is 13.2. The van der Waals surface area contributed by atoms with Crippen molar-refractivity contribution < 1.29 is 30.7 Å². The first-order valence-electron chi connectivity index (χ1n) is 4.90. The molecule has 0 saturated heterocycles. The van der Waals surface area contributed by atoms with Gasteiger partial charge in [0.25, 0.3) is 0 Å². The zero-order valence-electron chi connectivity index (χ0n) is 8.64. The second kappa shape index (κ2) is 10.3. The molecule has 0 aromatic heterocycles. The molecular weight excluding hydrogens is 279 g/mol. The Balaban J connectivity index is 3.02. The molecule has 2 nitrogen and oxygen atoms in total. The molecule has 0 amide bonds. The average Bonchev–Trinajstić information content (AvgIpc) is 2.11. The molecule has 0 spiro atoms. The zero-order valence-corrected chi connectivity index (χ0v) is 10.8. The third-order valence-corrected chi connectivity index (χ3v) is 3.14. The molecule has 0 fully saturated rings. The summed E-state index contributed by atoms with van der Waals surface area (Å²) in [5.41, 5.74) is 0. The van der Waals surface area contributed by atoms with Gasteiger partial charge in [0, 0.05) is 0 Å². The van der Waals surface area contributed by atoms with Gasteiger partial charge in [-0.3, -0.25) is 0 Å². The monoisotopic (exact) mass is 299 g/mol. The van der Waals surface area contributed by atoms with Gasteiger partial charge < -0.3 is 0 Å². The summed E-state index contributed by atoms with van der Waals surface area (Å²) < 4.78 is 5.73. The van der Waals surface area contributed by atoms with E-state index >= 15 is 0 Å². The van der Waals surface area contributed by atoms with E-state index in [1.54, 1.807) is 0 Å². The summed E-state index contributed by atoms with van der Waals surface area (Å²) in [6.07, 6.45) is 6.07. The minimum atomic E-state index is 0.00536. The third-order valence-electron chi connectivity index (χ3n) is 1.75. The number of carbonyl (C=O) groups is 1. The topological polar surface area (TPSA) is 26.3 Å². The summed E-state index contributed by atoms with van der Waals surface area (Å²) in [5.74, 6) is 0.00536. The molecule has 13 heavy (non-hydrogen) atoms. The van der Waals surface area contributed by atoms with Gasteiger partial charge in [-0.2, -0.15) is 0 Å². The average molecular weight is 299 g/mol. The van der Waals surface area contributed by atoms with Crippen molar-refractivity contribution in [2.75, 3.05) is 16.0 Å². The molecular formula is C10H20IO2-. The number of alkyl halides is 2. The number of carbonyl (C=O) groups excluding carboxylic acids is 1. The van der Waals surface area contributed by atoms with Gasteiger partial charge in [0.15, 0.2) is 0 Å². The quantitative estimate of drug-likeness (QED) is 0.254. The Hall–Kier alpha value is 0.200. The second-order valence-corrected chi connectivity index (χ2v) is 5.32. The Morgan fingerprint density at radius 3 is 2.54 bits per heavy atom. The maximum atomic E-state index is 10.9. The predicted molar refractivity (Wildman–Crippen MR) is 50.5 cm³/mol. The maximum absolute atomic E-state index is 10.9. The molecule has 0 N–H and O–H groups in total. The number of hydrogen-bond acceptors (Lipinski definition) is 2. The van der Waals surface area contributed by atoms with Crippen molar-refractivity contribution in [1.82, 2.24) is 0 Å². The van der Waals surface area contributed by atoms with Crippen LogP contribution in [0.2, 0.25) is 0 Å². The van der Waals surface area contributed by atoms with Crippen LogP contribution >= 0.6 is 0 Å². The Morgan fingerprint density at radius 1 is 1.23 bits per heavy atom. The summed E-state index contributed by atoms with van der Waals surface area (Å²) in [6, 6.07) is 0. The Labute approximate surface area is 91.7 Å². The first-order chi connectivity index (χ1) is 6.31. The van der Waals surface area contributed by atoms with Gasteiger partial charge in [-0.25, -0.2) is 0 Å². The van der Waals surface area contributed by atoms with Crippen LogP contribution in [-0.2, 0) is 9.53 Å². The van der Waals surface area contributed by atoms with Crippen LogP contribution < -0.4 is 21.2 Å². The molecule has 0 aromatic carbocycles. The summed E-state index contributed by atoms with van der Waals surface area (Å²) in [5, 5.41) is 0. The second-order valence-electron chi connectivity index (χ2n) is 3.04. The van der Waals surface area contributed by atoms with Crippen LogP contribution in [0.25, 0.3) is 0 Å². The summed E-state index contributed by atoms with van der Waals surface area (Å²) in [4.78, 5) is 13.0. The zero-order chi connectivity index (χ0) is 9.94. The van der Waals surface area contributed by atoms with Gasteiger partial charge >= 0.3 is 91.7 Å². The molecule has 0 radical (unpaired) electrons. The first-order valence-corrected chi connectivity index (χ1v) is 8.59. The van der Waals surface area contributed by atoms with Gasteiger partial charge in [-0.15, -0.1) is 0 Å². The Bertz CT molecular complexity index is 126. The van der Waals surface area contributed by atoms with Gasteiger partial charge in [0.05, 0.1) is 0 Å². The fourth-order valence-corrected chi connectivity index (χ4v) is 1.88. The number of rotatable bonds is 8. The number of halogens is 1. The van der Waals surface area contributed by atoms with Crippen molar-refractivity contribution in [2.45, 2.75) is 39.0 Å². The standard InChI is InChI=1S/C10H20IO2/c1-3-4-5-6-7-8-13-10(12)9-11-2/h3-9H2,1-2H3/q-1. The fourth-order valence-electron chi connectivity index (χ4n) is 1.04. The molecule has 0 saturated carbocycles. The van der Waals surface area contributed by atoms with E-state index in [0.717, 1.165) is 6.42 Å². The van der Waals surface area contributed by atoms with E-state index in [9.17, 15) is 4.79 Å². The SMILES string of the molecule is CCCCCCCOC(=O)C[I-]C. The van der Waals surface area contributed by atoms with E-state index in [1.165, 1.54) is 25.7 Å². The van der Waals surface area contributed by atoms with E-state index in [1.807, 2.05) is 0 Å². The Kier molecular flexibility index (Phi) is 10.4. The van der Waals surface area contributed by atoms with Crippen molar-refractivity contribution in [1.29, 1.82) is 0 Å². The van der Waals surface area contributed by atoms with E-state index in [2.05, 4.69) is 11.9 Å². The molecule has 0 aliphatic carbocycles. The third kappa shape index (κ3) is 10.1. The predicted octanol–water partition coefficient (Wildman–Crippen LogP) is -0.781. The number of unbranched alkanes of at least 4 members (excludes halogenated alkanes) is 4. The molecule has 80 valence electrons. The van der Waals surface area contributed by atoms with Crippen molar-refractivity contribution in [3.8, 4) is 0 Å². The molecule has 0 unspecified atom stereocenters. The van der Waals surface area contributed by atoms with Crippen LogP contribution in [0.5, 0.6) is 0 Å². The van der Waals surface area contributed by atoms with Gasteiger partial charge in [0.2, 0.25) is 0 Å². The number of esters is 1. The Morgan fingerprint density at radius 2 is 1.92 bits per heavy atom. The van der Waals surface area contributed by atoms with Crippen molar-refractivity contribution in [3.05, 3.63) is 0 Å². The van der Waals surface area contributed by atoms with E-state index in [4.69, 9.17) is 4.74 Å². The molecule has 0 aromatic rings. The van der Waals surface area contributed by atoms with E-state index in [-0.39, 0.29) is 27.2 Å². The fraction of sp³-hybridized carbons (Fsp3) is 0.900. The van der Waals surface area contributed by atoms with Crippen LogP contribution in [0, 0.1) is 0 Å². The van der Waals surface area contributed by atoms with Crippen LogP contribution in [0.15, 0.2) is 0 Å². The molecule has 0 bridgehead atoms. The number of hydrogen-bond donors (Lipinski definition) is 0. The van der Waals surface area contributed by atoms with Crippen LogP contribution in [-0.4, -0.2) is 21.9 Å². The summed E-state index contributed by atoms with van der Waals surface area (Å²) in [7, 11) is 0. The molecule has 0 aliphatic rings. The van der Waals surface area contributed by atoms with E-state index in [0.29, 0.717) is 11.0 Å². The molecule has 3 heteroatoms. The molecule has 0 rings (SSSR count). The van der Waals surface area contributed by atoms with Gasteiger partial charge in [0.1, 0.15) is 0 Å². The van der Waals surface area contributed by atoms with Gasteiger partial charge in [-0.05, 0) is 0 Å². The molecule has 0 heterocycles.